The molecule has 1 saturated heterocycles. The fourth-order valence-electron chi connectivity index (χ4n) is 3.39. The lowest BCUT2D eigenvalue weighted by Crippen LogP contribution is -2.42. The van der Waals surface area contributed by atoms with Gasteiger partial charge in [-0.1, -0.05) is 0 Å². The molecule has 0 radical (unpaired) electrons. The molecule has 1 unspecified atom stereocenters. The van der Waals surface area contributed by atoms with Gasteiger partial charge < -0.3 is 9.47 Å². The van der Waals surface area contributed by atoms with Gasteiger partial charge in [0.05, 0.1) is 0 Å². The van der Waals surface area contributed by atoms with Crippen molar-refractivity contribution in [2.24, 2.45) is 0 Å². The molecule has 3 rings (SSSR count). The molecular formula is C19H24N2O. The Labute approximate surface area is 132 Å². The second kappa shape index (κ2) is 5.99. The third-order valence-electron chi connectivity index (χ3n) is 4.71. The van der Waals surface area contributed by atoms with Crippen molar-refractivity contribution in [3.05, 3.63) is 53.3 Å². The van der Waals surface area contributed by atoms with Crippen LogP contribution in [0.2, 0.25) is 0 Å². The smallest absolute Gasteiger partial charge is 0.254 e. The number of nitrogens with zero attached hydrogens (tertiary/aromatic N) is 2. The Kier molecular flexibility index (Phi) is 4.06. The molecule has 0 bridgehead atoms. The molecule has 0 saturated carbocycles. The number of amides is 1. The predicted octanol–water partition coefficient (Wildman–Crippen LogP) is 4.11. The number of aryl methyl sites for hydroxylation is 2. The van der Waals surface area contributed by atoms with Crippen molar-refractivity contribution < 1.29 is 4.79 Å². The van der Waals surface area contributed by atoms with Crippen LogP contribution in [0.1, 0.15) is 47.9 Å². The highest BCUT2D eigenvalue weighted by Crippen LogP contribution is 2.21. The summed E-state index contributed by atoms with van der Waals surface area (Å²) in [5.74, 6) is 0.166. The van der Waals surface area contributed by atoms with Crippen LogP contribution in [0.25, 0.3) is 5.69 Å². The molecule has 116 valence electrons. The van der Waals surface area contributed by atoms with Crippen molar-refractivity contribution in [1.82, 2.24) is 9.47 Å². The van der Waals surface area contributed by atoms with Gasteiger partial charge in [0.25, 0.3) is 5.91 Å². The van der Waals surface area contributed by atoms with Gasteiger partial charge >= 0.3 is 0 Å². The van der Waals surface area contributed by atoms with Gasteiger partial charge in [0.15, 0.2) is 0 Å². The van der Waals surface area contributed by atoms with Crippen molar-refractivity contribution in [1.29, 1.82) is 0 Å². The van der Waals surface area contributed by atoms with E-state index in [1.807, 2.05) is 29.2 Å². The Morgan fingerprint density at radius 1 is 1.00 bits per heavy atom. The Morgan fingerprint density at radius 2 is 1.64 bits per heavy atom. The molecule has 22 heavy (non-hydrogen) atoms. The first-order chi connectivity index (χ1) is 10.6. The summed E-state index contributed by atoms with van der Waals surface area (Å²) in [4.78, 5) is 14.7. The first kappa shape index (κ1) is 14.9. The van der Waals surface area contributed by atoms with Crippen LogP contribution in [-0.4, -0.2) is 28.0 Å². The molecule has 2 aromatic rings. The molecule has 1 aromatic carbocycles. The molecular weight excluding hydrogens is 272 g/mol. The summed E-state index contributed by atoms with van der Waals surface area (Å²) in [6.45, 7) is 7.23. The summed E-state index contributed by atoms with van der Waals surface area (Å²) in [6, 6.07) is 12.6. The zero-order valence-corrected chi connectivity index (χ0v) is 13.7. The minimum absolute atomic E-state index is 0.166. The number of rotatable bonds is 2. The third-order valence-corrected chi connectivity index (χ3v) is 4.71. The average Bonchev–Trinajstić information content (AvgIpc) is 2.86. The van der Waals surface area contributed by atoms with Crippen molar-refractivity contribution >= 4 is 5.91 Å². The van der Waals surface area contributed by atoms with Crippen LogP contribution in [0, 0.1) is 13.8 Å². The van der Waals surface area contributed by atoms with E-state index >= 15 is 0 Å². The maximum atomic E-state index is 12.7. The zero-order chi connectivity index (χ0) is 15.7. The molecule has 0 aliphatic carbocycles. The van der Waals surface area contributed by atoms with Gasteiger partial charge in [0, 0.05) is 35.2 Å². The number of piperidine rings is 1. The number of likely N-dealkylation sites (tertiary alicyclic amines) is 1. The van der Waals surface area contributed by atoms with E-state index in [2.05, 4.69) is 37.5 Å². The minimum Gasteiger partial charge on any atom is -0.336 e. The lowest BCUT2D eigenvalue weighted by molar-refractivity contribution is 0.0635. The van der Waals surface area contributed by atoms with Gasteiger partial charge in [-0.05, 0) is 76.4 Å². The Morgan fingerprint density at radius 3 is 2.23 bits per heavy atom. The topological polar surface area (TPSA) is 25.2 Å². The van der Waals surface area contributed by atoms with Crippen LogP contribution in [-0.2, 0) is 0 Å². The number of carbonyl (C=O) groups excluding carboxylic acids is 1. The lowest BCUT2D eigenvalue weighted by atomic mass is 10.0. The summed E-state index contributed by atoms with van der Waals surface area (Å²) in [5.41, 5.74) is 4.32. The van der Waals surface area contributed by atoms with Gasteiger partial charge in [0.2, 0.25) is 0 Å². The van der Waals surface area contributed by atoms with E-state index < -0.39 is 0 Å². The maximum Gasteiger partial charge on any atom is 0.254 e. The number of benzene rings is 1. The molecule has 3 heteroatoms. The Hall–Kier alpha value is -2.03. The molecule has 0 N–H and O–H groups in total. The number of carbonyl (C=O) groups is 1. The Bertz CT molecular complexity index is 650. The van der Waals surface area contributed by atoms with Crippen LogP contribution >= 0.6 is 0 Å². The van der Waals surface area contributed by atoms with E-state index in [9.17, 15) is 4.79 Å². The van der Waals surface area contributed by atoms with E-state index in [0.29, 0.717) is 6.04 Å². The molecule has 1 amide bonds. The van der Waals surface area contributed by atoms with Gasteiger partial charge in [0.1, 0.15) is 0 Å². The zero-order valence-electron chi connectivity index (χ0n) is 13.7. The highest BCUT2D eigenvalue weighted by atomic mass is 16.2. The van der Waals surface area contributed by atoms with Crippen LogP contribution in [0.3, 0.4) is 0 Å². The van der Waals surface area contributed by atoms with Crippen molar-refractivity contribution in [2.45, 2.75) is 46.1 Å². The van der Waals surface area contributed by atoms with Crippen LogP contribution in [0.5, 0.6) is 0 Å². The lowest BCUT2D eigenvalue weighted by Gasteiger charge is -2.33. The van der Waals surface area contributed by atoms with Crippen LogP contribution < -0.4 is 0 Å². The number of hydrogen-bond donors (Lipinski definition) is 0. The largest absolute Gasteiger partial charge is 0.336 e. The van der Waals surface area contributed by atoms with Gasteiger partial charge in [-0.25, -0.2) is 0 Å². The molecule has 1 fully saturated rings. The molecule has 3 nitrogen and oxygen atoms in total. The Balaban J connectivity index is 1.84. The van der Waals surface area contributed by atoms with Crippen LogP contribution in [0.15, 0.2) is 36.4 Å². The highest BCUT2D eigenvalue weighted by molar-refractivity contribution is 5.94. The fraction of sp³-hybridized carbons (Fsp3) is 0.421. The van der Waals surface area contributed by atoms with E-state index in [1.165, 1.54) is 17.8 Å². The standard InChI is InChI=1S/C19H24N2O/c1-14-6-4-5-13-20(14)19(22)17-9-11-18(12-10-17)21-15(2)7-8-16(21)3/h7-12,14H,4-6,13H2,1-3H3. The van der Waals surface area contributed by atoms with Gasteiger partial charge in [-0.15, -0.1) is 0 Å². The molecule has 1 aliphatic rings. The van der Waals surface area contributed by atoms with Crippen LogP contribution in [0.4, 0.5) is 0 Å². The quantitative estimate of drug-likeness (QED) is 0.818. The molecule has 0 spiro atoms. The molecule has 1 atom stereocenters. The van der Waals surface area contributed by atoms with E-state index in [1.54, 1.807) is 0 Å². The van der Waals surface area contributed by atoms with E-state index in [4.69, 9.17) is 0 Å². The van der Waals surface area contributed by atoms with Crippen molar-refractivity contribution in [3.8, 4) is 5.69 Å². The van der Waals surface area contributed by atoms with Gasteiger partial charge in [-0.2, -0.15) is 0 Å². The maximum absolute atomic E-state index is 12.7. The summed E-state index contributed by atoms with van der Waals surface area (Å²) < 4.78 is 2.21. The summed E-state index contributed by atoms with van der Waals surface area (Å²) >= 11 is 0. The van der Waals surface area contributed by atoms with Crippen molar-refractivity contribution in [2.75, 3.05) is 6.54 Å². The minimum atomic E-state index is 0.166. The first-order valence-corrected chi connectivity index (χ1v) is 8.14. The monoisotopic (exact) mass is 296 g/mol. The highest BCUT2D eigenvalue weighted by Gasteiger charge is 2.24. The summed E-state index contributed by atoms with van der Waals surface area (Å²) in [5, 5.41) is 0. The molecule has 2 heterocycles. The molecule has 1 aliphatic heterocycles. The first-order valence-electron chi connectivity index (χ1n) is 8.14. The van der Waals surface area contributed by atoms with Gasteiger partial charge in [-0.3, -0.25) is 4.79 Å². The molecule has 1 aromatic heterocycles. The third kappa shape index (κ3) is 2.68. The second-order valence-electron chi connectivity index (χ2n) is 6.34. The number of hydrogen-bond acceptors (Lipinski definition) is 1. The number of aromatic nitrogens is 1. The SMILES string of the molecule is Cc1ccc(C)n1-c1ccc(C(=O)N2CCCCC2C)cc1. The summed E-state index contributed by atoms with van der Waals surface area (Å²) in [6.07, 6.45) is 3.47. The normalized spacial score (nSPS) is 18.5. The average molecular weight is 296 g/mol. The van der Waals surface area contributed by atoms with Crippen molar-refractivity contribution in [3.63, 3.8) is 0 Å². The summed E-state index contributed by atoms with van der Waals surface area (Å²) in [7, 11) is 0. The fourth-order valence-corrected chi connectivity index (χ4v) is 3.39. The van der Waals surface area contributed by atoms with E-state index in [0.717, 1.165) is 30.6 Å². The predicted molar refractivity (Wildman–Crippen MR) is 89.6 cm³/mol. The second-order valence-corrected chi connectivity index (χ2v) is 6.34. The van der Waals surface area contributed by atoms with E-state index in [-0.39, 0.29) is 5.91 Å².